The van der Waals surface area contributed by atoms with E-state index in [2.05, 4.69) is 65.2 Å². The Morgan fingerprint density at radius 1 is 1.04 bits per heavy atom. The van der Waals surface area contributed by atoms with Crippen LogP contribution in [0, 0.1) is 13.8 Å². The van der Waals surface area contributed by atoms with Crippen LogP contribution in [0.1, 0.15) is 56.0 Å². The Labute approximate surface area is 145 Å². The van der Waals surface area contributed by atoms with Gasteiger partial charge in [0.1, 0.15) is 17.5 Å². The highest BCUT2D eigenvalue weighted by Gasteiger charge is 2.15. The lowest BCUT2D eigenvalue weighted by Gasteiger charge is -2.28. The minimum atomic E-state index is 0.469. The maximum atomic E-state index is 4.65. The van der Waals surface area contributed by atoms with Crippen LogP contribution >= 0.6 is 0 Å². The van der Waals surface area contributed by atoms with Gasteiger partial charge >= 0.3 is 0 Å². The Morgan fingerprint density at radius 3 is 2.50 bits per heavy atom. The van der Waals surface area contributed by atoms with Crippen LogP contribution in [0.25, 0.3) is 0 Å². The molecular weight excluding hydrogens is 296 g/mol. The molecule has 4 nitrogen and oxygen atoms in total. The minimum Gasteiger partial charge on any atom is -0.356 e. The summed E-state index contributed by atoms with van der Waals surface area (Å²) in [5.41, 5.74) is 3.75. The Bertz CT molecular complexity index is 703. The maximum Gasteiger partial charge on any atom is 0.136 e. The van der Waals surface area contributed by atoms with Gasteiger partial charge in [0, 0.05) is 24.8 Å². The number of benzene rings is 1. The van der Waals surface area contributed by atoms with E-state index in [4.69, 9.17) is 0 Å². The van der Waals surface area contributed by atoms with Crippen molar-refractivity contribution >= 4 is 17.3 Å². The minimum absolute atomic E-state index is 0.469. The third-order valence-electron chi connectivity index (χ3n) is 4.68. The fourth-order valence-corrected chi connectivity index (χ4v) is 3.37. The second-order valence-corrected chi connectivity index (χ2v) is 7.03. The lowest BCUT2D eigenvalue weighted by molar-refractivity contribution is 0.572. The molecule has 24 heavy (non-hydrogen) atoms. The average molecular weight is 324 g/mol. The Kier molecular flexibility index (Phi) is 5.03. The average Bonchev–Trinajstić information content (AvgIpc) is 2.57. The zero-order valence-corrected chi connectivity index (χ0v) is 15.3. The molecule has 1 aliphatic rings. The highest BCUT2D eigenvalue weighted by atomic mass is 15.2. The topological polar surface area (TPSA) is 41.1 Å². The molecule has 0 spiro atoms. The molecule has 1 fully saturated rings. The zero-order valence-electron chi connectivity index (χ0n) is 15.3. The summed E-state index contributed by atoms with van der Waals surface area (Å²) in [6.45, 7) is 10.8. The number of nitrogens with zero attached hydrogens (tertiary/aromatic N) is 3. The van der Waals surface area contributed by atoms with Gasteiger partial charge in [-0.3, -0.25) is 0 Å². The van der Waals surface area contributed by atoms with Gasteiger partial charge in [0.25, 0.3) is 0 Å². The molecule has 0 amide bonds. The number of anilines is 3. The number of piperidine rings is 1. The standard InChI is InChI=1S/C20H28N4/c1-14(2)17-10-8-9-15(3)20(17)23-18-13-19(22-16(4)21-18)24-11-6-5-7-12-24/h8-10,13-14H,5-7,11-12H2,1-4H3,(H,21,22,23). The number of rotatable bonds is 4. The number of nitrogens with one attached hydrogen (secondary N) is 1. The van der Waals surface area contributed by atoms with Crippen LogP contribution in [0.3, 0.4) is 0 Å². The largest absolute Gasteiger partial charge is 0.356 e. The van der Waals surface area contributed by atoms with Crippen LogP contribution < -0.4 is 10.2 Å². The van der Waals surface area contributed by atoms with Gasteiger partial charge in [-0.25, -0.2) is 9.97 Å². The highest BCUT2D eigenvalue weighted by molar-refractivity contribution is 5.67. The molecule has 0 radical (unpaired) electrons. The summed E-state index contributed by atoms with van der Waals surface area (Å²) in [6, 6.07) is 8.56. The van der Waals surface area contributed by atoms with E-state index in [0.717, 1.165) is 30.5 Å². The van der Waals surface area contributed by atoms with Crippen molar-refractivity contribution in [2.75, 3.05) is 23.3 Å². The van der Waals surface area contributed by atoms with Crippen LogP contribution in [0.15, 0.2) is 24.3 Å². The highest BCUT2D eigenvalue weighted by Crippen LogP contribution is 2.30. The summed E-state index contributed by atoms with van der Waals surface area (Å²) in [5, 5.41) is 3.56. The molecule has 0 atom stereocenters. The van der Waals surface area contributed by atoms with Gasteiger partial charge < -0.3 is 10.2 Å². The first kappa shape index (κ1) is 16.7. The zero-order chi connectivity index (χ0) is 17.1. The monoisotopic (exact) mass is 324 g/mol. The van der Waals surface area contributed by atoms with E-state index in [0.29, 0.717) is 5.92 Å². The van der Waals surface area contributed by atoms with E-state index in [9.17, 15) is 0 Å². The summed E-state index contributed by atoms with van der Waals surface area (Å²) >= 11 is 0. The molecule has 3 rings (SSSR count). The van der Waals surface area contributed by atoms with Crippen molar-refractivity contribution in [3.8, 4) is 0 Å². The summed E-state index contributed by atoms with van der Waals surface area (Å²) in [7, 11) is 0. The van der Waals surface area contributed by atoms with Crippen LogP contribution in [-0.4, -0.2) is 23.1 Å². The molecule has 1 aromatic carbocycles. The second kappa shape index (κ2) is 7.20. The van der Waals surface area contributed by atoms with Crippen LogP contribution in [0.2, 0.25) is 0 Å². The van der Waals surface area contributed by atoms with Gasteiger partial charge in [-0.2, -0.15) is 0 Å². The van der Waals surface area contributed by atoms with Crippen molar-refractivity contribution < 1.29 is 0 Å². The quantitative estimate of drug-likeness (QED) is 0.864. The van der Waals surface area contributed by atoms with Crippen molar-refractivity contribution in [3.63, 3.8) is 0 Å². The SMILES string of the molecule is Cc1nc(Nc2c(C)cccc2C(C)C)cc(N2CCCCC2)n1. The summed E-state index contributed by atoms with van der Waals surface area (Å²) in [6.07, 6.45) is 3.83. The van der Waals surface area contributed by atoms with Crippen LogP contribution in [-0.2, 0) is 0 Å². The van der Waals surface area contributed by atoms with Gasteiger partial charge in [-0.05, 0) is 50.2 Å². The Morgan fingerprint density at radius 2 is 1.79 bits per heavy atom. The normalized spacial score (nSPS) is 15.0. The fourth-order valence-electron chi connectivity index (χ4n) is 3.37. The number of aromatic nitrogens is 2. The number of para-hydroxylation sites is 1. The lowest BCUT2D eigenvalue weighted by Crippen LogP contribution is -2.30. The van der Waals surface area contributed by atoms with E-state index in [1.54, 1.807) is 0 Å². The van der Waals surface area contributed by atoms with Crippen LogP contribution in [0.4, 0.5) is 17.3 Å². The van der Waals surface area contributed by atoms with Crippen molar-refractivity contribution in [2.45, 2.75) is 52.9 Å². The van der Waals surface area contributed by atoms with Crippen molar-refractivity contribution in [3.05, 3.63) is 41.2 Å². The first-order valence-corrected chi connectivity index (χ1v) is 9.02. The predicted molar refractivity (Wildman–Crippen MR) is 101 cm³/mol. The molecule has 1 N–H and O–H groups in total. The molecule has 1 aliphatic heterocycles. The third kappa shape index (κ3) is 3.69. The van der Waals surface area contributed by atoms with Crippen molar-refractivity contribution in [1.82, 2.24) is 9.97 Å². The molecule has 4 heteroatoms. The number of hydrogen-bond donors (Lipinski definition) is 1. The molecule has 2 aromatic rings. The van der Waals surface area contributed by atoms with Gasteiger partial charge in [0.2, 0.25) is 0 Å². The maximum absolute atomic E-state index is 4.65. The molecule has 2 heterocycles. The van der Waals surface area contributed by atoms with E-state index in [1.165, 1.54) is 36.1 Å². The molecule has 0 aliphatic carbocycles. The molecule has 128 valence electrons. The lowest BCUT2D eigenvalue weighted by atomic mass is 9.98. The van der Waals surface area contributed by atoms with E-state index >= 15 is 0 Å². The van der Waals surface area contributed by atoms with Gasteiger partial charge in [0.05, 0.1) is 0 Å². The number of aryl methyl sites for hydroxylation is 2. The number of hydrogen-bond acceptors (Lipinski definition) is 4. The second-order valence-electron chi connectivity index (χ2n) is 7.03. The molecule has 1 aromatic heterocycles. The Balaban J connectivity index is 1.92. The molecule has 0 bridgehead atoms. The van der Waals surface area contributed by atoms with Gasteiger partial charge in [-0.1, -0.05) is 32.0 Å². The molecular formula is C20H28N4. The first-order valence-electron chi connectivity index (χ1n) is 9.02. The fraction of sp³-hybridized carbons (Fsp3) is 0.500. The third-order valence-corrected chi connectivity index (χ3v) is 4.68. The van der Waals surface area contributed by atoms with Gasteiger partial charge in [0.15, 0.2) is 0 Å². The summed E-state index contributed by atoms with van der Waals surface area (Å²) in [5.74, 6) is 3.22. The molecule has 0 saturated carbocycles. The van der Waals surface area contributed by atoms with Crippen molar-refractivity contribution in [2.24, 2.45) is 0 Å². The van der Waals surface area contributed by atoms with Crippen molar-refractivity contribution in [1.29, 1.82) is 0 Å². The van der Waals surface area contributed by atoms with E-state index < -0.39 is 0 Å². The van der Waals surface area contributed by atoms with Gasteiger partial charge in [-0.15, -0.1) is 0 Å². The van der Waals surface area contributed by atoms with E-state index in [-0.39, 0.29) is 0 Å². The Hall–Kier alpha value is -2.10. The predicted octanol–water partition coefficient (Wildman–Crippen LogP) is 4.95. The van der Waals surface area contributed by atoms with E-state index in [1.807, 2.05) is 6.92 Å². The summed E-state index contributed by atoms with van der Waals surface area (Å²) < 4.78 is 0. The molecule has 0 unspecified atom stereocenters. The smallest absolute Gasteiger partial charge is 0.136 e. The first-order chi connectivity index (χ1) is 11.5. The summed E-state index contributed by atoms with van der Waals surface area (Å²) in [4.78, 5) is 11.7. The molecule has 1 saturated heterocycles. The van der Waals surface area contributed by atoms with Crippen LogP contribution in [0.5, 0.6) is 0 Å².